The van der Waals surface area contributed by atoms with Crippen LogP contribution >= 0.6 is 23.2 Å². The van der Waals surface area contributed by atoms with Crippen LogP contribution in [0.25, 0.3) is 16.7 Å². The SMILES string of the molecule is O=C(Cc1ccc2c(c1)B(O)OC2)c1ccc(-n2cc(Cl)c3cccnc32)cc1Cl. The number of carbonyl (C=O) groups excluding carboxylic acids is 1. The van der Waals surface area contributed by atoms with Crippen molar-refractivity contribution in [2.75, 3.05) is 0 Å². The van der Waals surface area contributed by atoms with Crippen molar-refractivity contribution in [3.8, 4) is 5.69 Å². The minimum atomic E-state index is -0.935. The summed E-state index contributed by atoms with van der Waals surface area (Å²) in [6, 6.07) is 14.6. The molecule has 1 aliphatic rings. The molecule has 0 saturated heterocycles. The number of nitrogens with zero attached hydrogens (tertiary/aromatic N) is 2. The Morgan fingerprint density at radius 1 is 1.17 bits per heavy atom. The largest absolute Gasteiger partial charge is 0.491 e. The fourth-order valence-electron chi connectivity index (χ4n) is 3.75. The van der Waals surface area contributed by atoms with E-state index in [1.165, 1.54) is 0 Å². The molecule has 0 spiro atoms. The highest BCUT2D eigenvalue weighted by Crippen LogP contribution is 2.29. The smallest absolute Gasteiger partial charge is 0.423 e. The van der Waals surface area contributed by atoms with E-state index in [4.69, 9.17) is 27.9 Å². The van der Waals surface area contributed by atoms with Crippen molar-refractivity contribution in [2.45, 2.75) is 13.0 Å². The van der Waals surface area contributed by atoms with E-state index in [9.17, 15) is 9.82 Å². The summed E-state index contributed by atoms with van der Waals surface area (Å²) in [6.07, 6.45) is 3.66. The van der Waals surface area contributed by atoms with E-state index < -0.39 is 7.12 Å². The summed E-state index contributed by atoms with van der Waals surface area (Å²) in [5.41, 5.74) is 4.38. The molecule has 0 amide bonds. The molecule has 5 nitrogen and oxygen atoms in total. The summed E-state index contributed by atoms with van der Waals surface area (Å²) in [6.45, 7) is 0.380. The molecule has 3 heterocycles. The van der Waals surface area contributed by atoms with Gasteiger partial charge in [0.1, 0.15) is 5.65 Å². The summed E-state index contributed by atoms with van der Waals surface area (Å²) in [7, 11) is -0.935. The zero-order chi connectivity index (χ0) is 20.8. The van der Waals surface area contributed by atoms with Gasteiger partial charge in [-0.05, 0) is 46.9 Å². The van der Waals surface area contributed by atoms with E-state index in [1.54, 1.807) is 24.5 Å². The Balaban J connectivity index is 1.43. The Morgan fingerprint density at radius 2 is 2.03 bits per heavy atom. The minimum Gasteiger partial charge on any atom is -0.423 e. The van der Waals surface area contributed by atoms with E-state index in [-0.39, 0.29) is 12.2 Å². The number of hydrogen-bond donors (Lipinski definition) is 1. The Bertz CT molecular complexity index is 1310. The molecule has 1 N–H and O–H groups in total. The maximum atomic E-state index is 12.9. The molecule has 148 valence electrons. The molecule has 8 heteroatoms. The second-order valence-electron chi connectivity index (χ2n) is 7.18. The van der Waals surface area contributed by atoms with Crippen molar-refractivity contribution in [1.82, 2.24) is 9.55 Å². The number of benzene rings is 2. The van der Waals surface area contributed by atoms with E-state index in [0.717, 1.165) is 27.8 Å². The van der Waals surface area contributed by atoms with Gasteiger partial charge in [-0.2, -0.15) is 0 Å². The number of aromatic nitrogens is 2. The lowest BCUT2D eigenvalue weighted by molar-refractivity contribution is 0.0993. The molecule has 0 saturated carbocycles. The monoisotopic (exact) mass is 436 g/mol. The Hall–Kier alpha value is -2.64. The van der Waals surface area contributed by atoms with Crippen molar-refractivity contribution in [1.29, 1.82) is 0 Å². The molecule has 0 radical (unpaired) electrons. The highest BCUT2D eigenvalue weighted by atomic mass is 35.5. The third-order valence-corrected chi connectivity index (χ3v) is 5.90. The number of Topliss-reactive ketones (excluding diaryl/α,β-unsaturated/α-hetero) is 1. The predicted octanol–water partition coefficient (Wildman–Crippen LogP) is 3.98. The van der Waals surface area contributed by atoms with E-state index in [1.807, 2.05) is 41.0 Å². The van der Waals surface area contributed by atoms with Crippen LogP contribution in [0.1, 0.15) is 21.5 Å². The first kappa shape index (κ1) is 19.3. The molecule has 0 aliphatic carbocycles. The van der Waals surface area contributed by atoms with Crippen molar-refractivity contribution in [3.05, 3.63) is 87.7 Å². The van der Waals surface area contributed by atoms with Crippen LogP contribution in [0.4, 0.5) is 0 Å². The standard InChI is InChI=1S/C22H15BCl2N2O3/c24-19-10-15(27-11-20(25)17-2-1-7-26-22(17)27)5-6-16(19)21(28)9-13-3-4-14-12-30-23(29)18(14)8-13/h1-8,10-11,29H,9,12H2. The summed E-state index contributed by atoms with van der Waals surface area (Å²) < 4.78 is 7.05. The number of carbonyl (C=O) groups is 1. The molecule has 30 heavy (non-hydrogen) atoms. The molecular formula is C22H15BCl2N2O3. The third kappa shape index (κ3) is 3.32. The number of hydrogen-bond acceptors (Lipinski definition) is 4. The summed E-state index contributed by atoms with van der Waals surface area (Å²) in [5.74, 6) is -0.103. The number of ketones is 1. The van der Waals surface area contributed by atoms with Gasteiger partial charge in [0, 0.05) is 35.5 Å². The first-order valence-electron chi connectivity index (χ1n) is 9.37. The zero-order valence-corrected chi connectivity index (χ0v) is 17.2. The van der Waals surface area contributed by atoms with Crippen LogP contribution in [0.15, 0.2) is 60.9 Å². The molecular weight excluding hydrogens is 422 g/mol. The lowest BCUT2D eigenvalue weighted by Crippen LogP contribution is -2.28. The fraction of sp³-hybridized carbons (Fsp3) is 0.0909. The molecule has 0 bridgehead atoms. The quantitative estimate of drug-likeness (QED) is 0.388. The van der Waals surface area contributed by atoms with Crippen LogP contribution in [0.5, 0.6) is 0 Å². The average molecular weight is 437 g/mol. The Labute approximate surface area is 183 Å². The molecule has 0 atom stereocenters. The van der Waals surface area contributed by atoms with Crippen LogP contribution in [-0.4, -0.2) is 27.5 Å². The summed E-state index contributed by atoms with van der Waals surface area (Å²) in [5, 5.41) is 11.7. The number of halogens is 2. The lowest BCUT2D eigenvalue weighted by atomic mass is 9.78. The van der Waals surface area contributed by atoms with E-state index >= 15 is 0 Å². The third-order valence-electron chi connectivity index (χ3n) is 5.28. The highest BCUT2D eigenvalue weighted by Gasteiger charge is 2.27. The van der Waals surface area contributed by atoms with Crippen molar-refractivity contribution in [2.24, 2.45) is 0 Å². The van der Waals surface area contributed by atoms with Crippen molar-refractivity contribution >= 4 is 52.6 Å². The first-order chi connectivity index (χ1) is 14.5. The lowest BCUT2D eigenvalue weighted by Gasteiger charge is -2.09. The van der Waals surface area contributed by atoms with Gasteiger partial charge in [0.25, 0.3) is 0 Å². The molecule has 2 aromatic carbocycles. The first-order valence-corrected chi connectivity index (χ1v) is 10.1. The Kier molecular flexibility index (Phi) is 4.87. The highest BCUT2D eigenvalue weighted by molar-refractivity contribution is 6.61. The van der Waals surface area contributed by atoms with E-state index in [2.05, 4.69) is 4.98 Å². The summed E-state index contributed by atoms with van der Waals surface area (Å²) in [4.78, 5) is 17.3. The normalized spacial score (nSPS) is 13.1. The van der Waals surface area contributed by atoms with Gasteiger partial charge >= 0.3 is 7.12 Å². The van der Waals surface area contributed by atoms with Gasteiger partial charge in [0.15, 0.2) is 5.78 Å². The number of pyridine rings is 1. The number of rotatable bonds is 4. The van der Waals surface area contributed by atoms with E-state index in [0.29, 0.717) is 27.7 Å². The predicted molar refractivity (Wildman–Crippen MR) is 118 cm³/mol. The van der Waals surface area contributed by atoms with Gasteiger partial charge < -0.3 is 9.68 Å². The van der Waals surface area contributed by atoms with Crippen LogP contribution in [0.3, 0.4) is 0 Å². The fourth-order valence-corrected chi connectivity index (χ4v) is 4.28. The number of fused-ring (bicyclic) bond motifs is 2. The second-order valence-corrected chi connectivity index (χ2v) is 8.00. The summed E-state index contributed by atoms with van der Waals surface area (Å²) >= 11 is 12.8. The van der Waals surface area contributed by atoms with Gasteiger partial charge in [-0.15, -0.1) is 0 Å². The molecule has 0 unspecified atom stereocenters. The molecule has 0 fully saturated rings. The van der Waals surface area contributed by atoms with Gasteiger partial charge in [0.2, 0.25) is 0 Å². The molecule has 4 aromatic rings. The molecule has 5 rings (SSSR count). The maximum absolute atomic E-state index is 12.9. The van der Waals surface area contributed by atoms with Crippen LogP contribution < -0.4 is 5.46 Å². The zero-order valence-electron chi connectivity index (χ0n) is 15.7. The minimum absolute atomic E-state index is 0.103. The second kappa shape index (κ2) is 7.56. The van der Waals surface area contributed by atoms with Crippen molar-refractivity contribution in [3.63, 3.8) is 0 Å². The topological polar surface area (TPSA) is 64.3 Å². The van der Waals surface area contributed by atoms with Crippen molar-refractivity contribution < 1.29 is 14.5 Å². The Morgan fingerprint density at radius 3 is 2.87 bits per heavy atom. The molecule has 1 aliphatic heterocycles. The van der Waals surface area contributed by atoms with Gasteiger partial charge in [-0.25, -0.2) is 4.98 Å². The van der Waals surface area contributed by atoms with Crippen LogP contribution in [0, 0.1) is 0 Å². The molecule has 2 aromatic heterocycles. The van der Waals surface area contributed by atoms with Gasteiger partial charge in [0.05, 0.1) is 16.7 Å². The average Bonchev–Trinajstić information content (AvgIpc) is 3.28. The van der Waals surface area contributed by atoms with Crippen LogP contribution in [-0.2, 0) is 17.7 Å². The van der Waals surface area contributed by atoms with Gasteiger partial charge in [-0.1, -0.05) is 41.4 Å². The van der Waals surface area contributed by atoms with Gasteiger partial charge in [-0.3, -0.25) is 9.36 Å². The maximum Gasteiger partial charge on any atom is 0.491 e. The van der Waals surface area contributed by atoms with Crippen LogP contribution in [0.2, 0.25) is 10.0 Å².